The molecule has 27 heavy (non-hydrogen) atoms. The summed E-state index contributed by atoms with van der Waals surface area (Å²) < 4.78 is 27.5. The molecule has 0 fully saturated rings. The van der Waals surface area contributed by atoms with Crippen LogP contribution in [0.2, 0.25) is 0 Å². The zero-order chi connectivity index (χ0) is 19.0. The van der Waals surface area contributed by atoms with E-state index in [0.29, 0.717) is 0 Å². The highest BCUT2D eigenvalue weighted by Crippen LogP contribution is 2.40. The Balaban J connectivity index is 1.59. The molecule has 3 nitrogen and oxygen atoms in total. The molecule has 0 saturated heterocycles. The van der Waals surface area contributed by atoms with Gasteiger partial charge in [0, 0.05) is 27.1 Å². The predicted molar refractivity (Wildman–Crippen MR) is 103 cm³/mol. The van der Waals surface area contributed by atoms with Gasteiger partial charge in [-0.1, -0.05) is 6.07 Å². The molecule has 1 aliphatic rings. The average molecular weight is 384 g/mol. The third-order valence-corrected chi connectivity index (χ3v) is 6.04. The van der Waals surface area contributed by atoms with Gasteiger partial charge in [-0.25, -0.2) is 13.8 Å². The minimum Gasteiger partial charge on any atom is -0.306 e. The second-order valence-corrected chi connectivity index (χ2v) is 7.93. The van der Waals surface area contributed by atoms with E-state index in [0.717, 1.165) is 30.5 Å². The summed E-state index contributed by atoms with van der Waals surface area (Å²) in [7, 11) is 0. The molecule has 4 rings (SSSR count). The van der Waals surface area contributed by atoms with Crippen LogP contribution in [0.4, 0.5) is 14.6 Å². The van der Waals surface area contributed by atoms with Crippen molar-refractivity contribution < 1.29 is 13.6 Å². The molecule has 1 N–H and O–H groups in total. The van der Waals surface area contributed by atoms with Crippen molar-refractivity contribution in [3.63, 3.8) is 0 Å². The molecule has 0 aliphatic heterocycles. The van der Waals surface area contributed by atoms with Gasteiger partial charge in [-0.2, -0.15) is 0 Å². The first-order valence-electron chi connectivity index (χ1n) is 8.87. The van der Waals surface area contributed by atoms with E-state index in [1.165, 1.54) is 39.8 Å². The van der Waals surface area contributed by atoms with Crippen LogP contribution in [0.1, 0.15) is 38.5 Å². The summed E-state index contributed by atoms with van der Waals surface area (Å²) >= 11 is 1.85. The van der Waals surface area contributed by atoms with E-state index in [1.807, 2.05) is 17.4 Å². The number of carbonyl (C=O) groups excluding carboxylic acids is 1. The van der Waals surface area contributed by atoms with Gasteiger partial charge in [0.2, 0.25) is 0 Å². The van der Waals surface area contributed by atoms with Gasteiger partial charge < -0.3 is 5.32 Å². The number of pyridine rings is 1. The molecule has 0 radical (unpaired) electrons. The second-order valence-electron chi connectivity index (χ2n) is 6.62. The number of halogens is 2. The largest absolute Gasteiger partial charge is 0.306 e. The Hall–Kier alpha value is -2.60. The zero-order valence-corrected chi connectivity index (χ0v) is 15.6. The Morgan fingerprint density at radius 2 is 1.85 bits per heavy atom. The van der Waals surface area contributed by atoms with Crippen LogP contribution in [0, 0.1) is 18.6 Å². The third-order valence-electron chi connectivity index (χ3n) is 4.83. The van der Waals surface area contributed by atoms with E-state index in [1.54, 1.807) is 12.3 Å². The quantitative estimate of drug-likeness (QED) is 0.645. The predicted octanol–water partition coefficient (Wildman–Crippen LogP) is 5.53. The van der Waals surface area contributed by atoms with E-state index in [-0.39, 0.29) is 5.82 Å². The highest BCUT2D eigenvalue weighted by molar-refractivity contribution is 7.12. The molecular formula is C21H18F2N2OS. The van der Waals surface area contributed by atoms with Crippen LogP contribution in [-0.2, 0) is 12.8 Å². The normalized spacial score (nSPS) is 13.3. The number of carbonyl (C=O) groups is 1. The second kappa shape index (κ2) is 7.19. The summed E-state index contributed by atoms with van der Waals surface area (Å²) in [6.07, 6.45) is 6.36. The number of nitrogens with one attached hydrogen (secondary N) is 1. The van der Waals surface area contributed by atoms with Crippen LogP contribution in [0.3, 0.4) is 0 Å². The van der Waals surface area contributed by atoms with Gasteiger partial charge in [0.25, 0.3) is 5.91 Å². The topological polar surface area (TPSA) is 42.0 Å². The Morgan fingerprint density at radius 1 is 1.11 bits per heavy atom. The Kier molecular flexibility index (Phi) is 4.74. The molecular weight excluding hydrogens is 366 g/mol. The number of aromatic nitrogens is 1. The summed E-state index contributed by atoms with van der Waals surface area (Å²) in [6.45, 7) is 2.12. The molecule has 0 unspecified atom stereocenters. The van der Waals surface area contributed by atoms with Crippen LogP contribution in [0.5, 0.6) is 0 Å². The fraction of sp³-hybridized carbons (Fsp3) is 0.238. The number of hydrogen-bond acceptors (Lipinski definition) is 3. The van der Waals surface area contributed by atoms with Crippen LogP contribution in [-0.4, -0.2) is 10.9 Å². The summed E-state index contributed by atoms with van der Waals surface area (Å²) in [5, 5.41) is 2.46. The fourth-order valence-electron chi connectivity index (χ4n) is 3.59. The number of nitrogens with zero attached hydrogens (tertiary/aromatic N) is 1. The maximum atomic E-state index is 13.7. The van der Waals surface area contributed by atoms with Crippen LogP contribution in [0.25, 0.3) is 11.1 Å². The smallest absolute Gasteiger partial charge is 0.262 e. The van der Waals surface area contributed by atoms with E-state index in [2.05, 4.69) is 17.2 Å². The van der Waals surface area contributed by atoms with Crippen molar-refractivity contribution >= 4 is 23.1 Å². The molecule has 6 heteroatoms. The number of thiophene rings is 1. The molecule has 1 aromatic carbocycles. The number of fused-ring (bicyclic) bond motifs is 1. The molecule has 1 aliphatic carbocycles. The van der Waals surface area contributed by atoms with Gasteiger partial charge in [-0.15, -0.1) is 11.3 Å². The molecule has 0 atom stereocenters. The van der Waals surface area contributed by atoms with E-state index in [4.69, 9.17) is 0 Å². The first-order chi connectivity index (χ1) is 13.0. The van der Waals surface area contributed by atoms with Gasteiger partial charge >= 0.3 is 0 Å². The van der Waals surface area contributed by atoms with E-state index in [9.17, 15) is 13.6 Å². The van der Waals surface area contributed by atoms with Gasteiger partial charge in [-0.3, -0.25) is 4.79 Å². The molecule has 3 aromatic rings. The summed E-state index contributed by atoms with van der Waals surface area (Å²) in [5.41, 5.74) is 3.05. The van der Waals surface area contributed by atoms with Gasteiger partial charge in [-0.05, 0) is 62.4 Å². The Morgan fingerprint density at radius 3 is 2.56 bits per heavy atom. The SMILES string of the molecule is Cc1sc2c(c1-c1ccc(NC(=O)c3c(F)cccc3F)nc1)CCCC2. The van der Waals surface area contributed by atoms with Gasteiger partial charge in [0.1, 0.15) is 23.0 Å². The minimum atomic E-state index is -0.898. The maximum Gasteiger partial charge on any atom is 0.262 e. The molecule has 2 aromatic heterocycles. The lowest BCUT2D eigenvalue weighted by molar-refractivity contribution is 0.101. The number of amides is 1. The highest BCUT2D eigenvalue weighted by atomic mass is 32.1. The fourth-order valence-corrected chi connectivity index (χ4v) is 4.88. The molecule has 1 amide bonds. The molecule has 138 valence electrons. The van der Waals surface area contributed by atoms with E-state index >= 15 is 0 Å². The first kappa shape index (κ1) is 17.8. The third kappa shape index (κ3) is 3.37. The number of rotatable bonds is 3. The lowest BCUT2D eigenvalue weighted by atomic mass is 9.92. The van der Waals surface area contributed by atoms with Crippen molar-refractivity contribution in [1.82, 2.24) is 4.98 Å². The van der Waals surface area contributed by atoms with Crippen LogP contribution in [0.15, 0.2) is 36.5 Å². The Bertz CT molecular complexity index is 992. The number of hydrogen-bond donors (Lipinski definition) is 1. The summed E-state index contributed by atoms with van der Waals surface area (Å²) in [5.74, 6) is -2.39. The van der Waals surface area contributed by atoms with Crippen molar-refractivity contribution in [3.05, 3.63) is 69.0 Å². The van der Waals surface area contributed by atoms with Crippen molar-refractivity contribution in [2.75, 3.05) is 5.32 Å². The molecule has 0 bridgehead atoms. The Labute approximate surface area is 160 Å². The summed E-state index contributed by atoms with van der Waals surface area (Å²) in [4.78, 5) is 19.2. The first-order valence-corrected chi connectivity index (χ1v) is 9.69. The van der Waals surface area contributed by atoms with Crippen LogP contribution >= 0.6 is 11.3 Å². The van der Waals surface area contributed by atoms with Gasteiger partial charge in [0.05, 0.1) is 0 Å². The lowest BCUT2D eigenvalue weighted by Gasteiger charge is -2.13. The molecule has 2 heterocycles. The van der Waals surface area contributed by atoms with Crippen molar-refractivity contribution in [2.45, 2.75) is 32.6 Å². The number of anilines is 1. The van der Waals surface area contributed by atoms with Gasteiger partial charge in [0.15, 0.2) is 0 Å². The number of aryl methyl sites for hydroxylation is 2. The number of benzene rings is 1. The van der Waals surface area contributed by atoms with Crippen LogP contribution < -0.4 is 5.32 Å². The summed E-state index contributed by atoms with van der Waals surface area (Å²) in [6, 6.07) is 6.88. The lowest BCUT2D eigenvalue weighted by Crippen LogP contribution is -2.16. The average Bonchev–Trinajstić information content (AvgIpc) is 2.98. The highest BCUT2D eigenvalue weighted by Gasteiger charge is 2.21. The minimum absolute atomic E-state index is 0.258. The van der Waals surface area contributed by atoms with Crippen molar-refractivity contribution in [2.24, 2.45) is 0 Å². The maximum absolute atomic E-state index is 13.7. The molecule has 0 saturated carbocycles. The van der Waals surface area contributed by atoms with Crippen molar-refractivity contribution in [1.29, 1.82) is 0 Å². The molecule has 0 spiro atoms. The standard InChI is InChI=1S/C21H18F2N2OS/c1-12-19(14-5-2-3-8-17(14)27-12)13-9-10-18(24-11-13)25-21(26)20-15(22)6-4-7-16(20)23/h4,6-7,9-11H,2-3,5,8H2,1H3,(H,24,25,26). The monoisotopic (exact) mass is 384 g/mol. The van der Waals surface area contributed by atoms with E-state index < -0.39 is 23.1 Å². The van der Waals surface area contributed by atoms with Crippen molar-refractivity contribution in [3.8, 4) is 11.1 Å². The zero-order valence-electron chi connectivity index (χ0n) is 14.8.